The molecule has 2 aromatic rings. The number of hydrogen-bond acceptors (Lipinski definition) is 7. The van der Waals surface area contributed by atoms with E-state index in [4.69, 9.17) is 4.74 Å². The number of aliphatic hydroxyl groups excluding tert-OH is 1. The van der Waals surface area contributed by atoms with Crippen LogP contribution in [0.1, 0.15) is 30.3 Å². The first-order valence-electron chi connectivity index (χ1n) is 7.67. The lowest BCUT2D eigenvalue weighted by molar-refractivity contribution is -0.386. The second-order valence-corrected chi connectivity index (χ2v) is 5.51. The van der Waals surface area contributed by atoms with Crippen molar-refractivity contribution in [2.75, 3.05) is 6.54 Å². The summed E-state index contributed by atoms with van der Waals surface area (Å²) in [5, 5.41) is 42.0. The number of aromatic hydroxyl groups is 2. The molecular weight excluding hydrogens is 344 g/mol. The minimum absolute atomic E-state index is 0.160. The third kappa shape index (κ3) is 4.61. The molecule has 0 spiro atoms. The topological polar surface area (TPSA) is 142 Å². The van der Waals surface area contributed by atoms with Crippen LogP contribution in [-0.4, -0.2) is 32.9 Å². The zero-order valence-electron chi connectivity index (χ0n) is 13.8. The van der Waals surface area contributed by atoms with Gasteiger partial charge in [-0.05, 0) is 30.7 Å². The molecule has 0 saturated heterocycles. The van der Waals surface area contributed by atoms with Crippen LogP contribution in [0.4, 0.5) is 10.5 Å². The highest BCUT2D eigenvalue weighted by Gasteiger charge is 2.21. The van der Waals surface area contributed by atoms with E-state index in [-0.39, 0.29) is 29.1 Å². The van der Waals surface area contributed by atoms with Crippen LogP contribution in [0.5, 0.6) is 11.5 Å². The predicted molar refractivity (Wildman–Crippen MR) is 90.7 cm³/mol. The third-order valence-electron chi connectivity index (χ3n) is 3.68. The number of nitrogens with one attached hydrogen (secondary N) is 1. The highest BCUT2D eigenvalue weighted by atomic mass is 16.6. The van der Waals surface area contributed by atoms with E-state index in [2.05, 4.69) is 5.32 Å². The maximum atomic E-state index is 11.9. The van der Waals surface area contributed by atoms with Crippen molar-refractivity contribution in [1.82, 2.24) is 5.32 Å². The number of benzene rings is 2. The molecule has 0 heterocycles. The lowest BCUT2D eigenvalue weighted by atomic mass is 10.1. The summed E-state index contributed by atoms with van der Waals surface area (Å²) in [6, 6.07) is 9.69. The normalized spacial score (nSPS) is 12.8. The van der Waals surface area contributed by atoms with Gasteiger partial charge in [-0.1, -0.05) is 18.2 Å². The van der Waals surface area contributed by atoms with E-state index in [0.717, 1.165) is 0 Å². The maximum Gasteiger partial charge on any atom is 0.407 e. The van der Waals surface area contributed by atoms with E-state index >= 15 is 0 Å². The monoisotopic (exact) mass is 362 g/mol. The number of phenols is 2. The van der Waals surface area contributed by atoms with Crippen LogP contribution in [0, 0.1) is 10.1 Å². The Hall–Kier alpha value is -3.33. The predicted octanol–water partition coefficient (Wildman–Crippen LogP) is 2.53. The van der Waals surface area contributed by atoms with E-state index < -0.39 is 29.0 Å². The van der Waals surface area contributed by atoms with Gasteiger partial charge in [0.1, 0.15) is 6.10 Å². The zero-order chi connectivity index (χ0) is 19.3. The maximum absolute atomic E-state index is 11.9. The molecule has 0 aliphatic rings. The molecule has 0 saturated carbocycles. The Morgan fingerprint density at radius 2 is 1.92 bits per heavy atom. The summed E-state index contributed by atoms with van der Waals surface area (Å²) in [5.41, 5.74) is 0.372. The van der Waals surface area contributed by atoms with Gasteiger partial charge >= 0.3 is 6.09 Å². The van der Waals surface area contributed by atoms with Crippen LogP contribution in [-0.2, 0) is 4.74 Å². The van der Waals surface area contributed by atoms with Crippen LogP contribution in [0.25, 0.3) is 0 Å². The Morgan fingerprint density at radius 3 is 2.58 bits per heavy atom. The number of rotatable bonds is 6. The molecule has 1 unspecified atom stereocenters. The lowest BCUT2D eigenvalue weighted by Crippen LogP contribution is -2.29. The summed E-state index contributed by atoms with van der Waals surface area (Å²) in [6.45, 7) is 1.28. The molecule has 0 fully saturated rings. The van der Waals surface area contributed by atoms with E-state index in [1.54, 1.807) is 6.07 Å². The molecule has 2 rings (SSSR count). The van der Waals surface area contributed by atoms with Crippen molar-refractivity contribution in [2.24, 2.45) is 0 Å². The molecular formula is C17H18N2O7. The van der Waals surface area contributed by atoms with E-state index in [1.807, 2.05) is 0 Å². The van der Waals surface area contributed by atoms with E-state index in [9.17, 15) is 30.2 Å². The molecule has 4 N–H and O–H groups in total. The molecule has 2 atom stereocenters. The highest BCUT2D eigenvalue weighted by molar-refractivity contribution is 5.67. The number of carbonyl (C=O) groups excluding carboxylic acids is 1. The van der Waals surface area contributed by atoms with Crippen LogP contribution >= 0.6 is 0 Å². The standard InChI is InChI=1S/C17H18N2O7/c1-10(12-4-2-3-5-13(12)19(24)25)26-17(23)18-9-16(22)11-6-7-14(20)15(21)8-11/h2-8,10,16,20-22H,9H2,1H3,(H,18,23)/t10?,16-/m0/s1. The number of nitro groups is 1. The molecule has 1 amide bonds. The van der Waals surface area contributed by atoms with Crippen LogP contribution in [0.2, 0.25) is 0 Å². The van der Waals surface area contributed by atoms with Crippen molar-refractivity contribution in [3.8, 4) is 11.5 Å². The van der Waals surface area contributed by atoms with Gasteiger partial charge < -0.3 is 25.4 Å². The average molecular weight is 362 g/mol. The van der Waals surface area contributed by atoms with Gasteiger partial charge in [0.15, 0.2) is 11.5 Å². The summed E-state index contributed by atoms with van der Waals surface area (Å²) in [4.78, 5) is 22.3. The van der Waals surface area contributed by atoms with Gasteiger partial charge in [-0.25, -0.2) is 4.79 Å². The minimum atomic E-state index is -1.14. The molecule has 0 radical (unpaired) electrons. The molecule has 0 aromatic heterocycles. The third-order valence-corrected chi connectivity index (χ3v) is 3.68. The van der Waals surface area contributed by atoms with Crippen molar-refractivity contribution in [3.05, 3.63) is 63.7 Å². The average Bonchev–Trinajstić information content (AvgIpc) is 2.61. The zero-order valence-corrected chi connectivity index (χ0v) is 13.8. The first-order chi connectivity index (χ1) is 12.3. The summed E-state index contributed by atoms with van der Waals surface area (Å²) >= 11 is 0. The van der Waals surface area contributed by atoms with E-state index in [1.165, 1.54) is 43.3 Å². The molecule has 9 nitrogen and oxygen atoms in total. The van der Waals surface area contributed by atoms with E-state index in [0.29, 0.717) is 0 Å². The van der Waals surface area contributed by atoms with Crippen molar-refractivity contribution in [1.29, 1.82) is 0 Å². The molecule has 0 bridgehead atoms. The Morgan fingerprint density at radius 1 is 1.23 bits per heavy atom. The number of alkyl carbamates (subject to hydrolysis) is 1. The fraction of sp³-hybridized carbons (Fsp3) is 0.235. The van der Waals surface area contributed by atoms with Crippen molar-refractivity contribution in [2.45, 2.75) is 19.1 Å². The minimum Gasteiger partial charge on any atom is -0.504 e. The van der Waals surface area contributed by atoms with Crippen molar-refractivity contribution in [3.63, 3.8) is 0 Å². The van der Waals surface area contributed by atoms with Gasteiger partial charge in [0.2, 0.25) is 0 Å². The molecule has 26 heavy (non-hydrogen) atoms. The molecule has 2 aromatic carbocycles. The summed E-state index contributed by atoms with van der Waals surface area (Å²) in [6.07, 6.45) is -2.88. The number of para-hydroxylation sites is 1. The number of aliphatic hydroxyl groups is 1. The van der Waals surface area contributed by atoms with Crippen molar-refractivity contribution >= 4 is 11.8 Å². The smallest absolute Gasteiger partial charge is 0.407 e. The summed E-state index contributed by atoms with van der Waals surface area (Å²) < 4.78 is 5.10. The summed E-state index contributed by atoms with van der Waals surface area (Å²) in [5.74, 6) is -0.722. The fourth-order valence-corrected chi connectivity index (χ4v) is 2.31. The second kappa shape index (κ2) is 8.17. The first-order valence-corrected chi connectivity index (χ1v) is 7.67. The SMILES string of the molecule is CC(OC(=O)NC[C@H](O)c1ccc(O)c(O)c1)c1ccccc1[N+](=O)[O-]. The van der Waals surface area contributed by atoms with Gasteiger partial charge in [-0.3, -0.25) is 10.1 Å². The number of phenolic OH excluding ortho intramolecular Hbond substituents is 2. The van der Waals surface area contributed by atoms with Crippen LogP contribution in [0.3, 0.4) is 0 Å². The van der Waals surface area contributed by atoms with Gasteiger partial charge in [0.25, 0.3) is 5.69 Å². The molecule has 138 valence electrons. The Labute approximate surface area is 148 Å². The quantitative estimate of drug-likeness (QED) is 0.351. The second-order valence-electron chi connectivity index (χ2n) is 5.51. The number of carbonyl (C=O) groups is 1. The number of hydrogen-bond donors (Lipinski definition) is 4. The van der Waals surface area contributed by atoms with Crippen LogP contribution < -0.4 is 5.32 Å². The first kappa shape index (κ1) is 19.0. The summed E-state index contributed by atoms with van der Waals surface area (Å²) in [7, 11) is 0. The number of nitrogens with zero attached hydrogens (tertiary/aromatic N) is 1. The van der Waals surface area contributed by atoms with Crippen LogP contribution in [0.15, 0.2) is 42.5 Å². The number of ether oxygens (including phenoxy) is 1. The molecule has 0 aliphatic heterocycles. The lowest BCUT2D eigenvalue weighted by Gasteiger charge is -2.16. The number of amides is 1. The number of nitro benzene ring substituents is 1. The van der Waals surface area contributed by atoms with Gasteiger partial charge in [-0.15, -0.1) is 0 Å². The van der Waals surface area contributed by atoms with Gasteiger partial charge in [0.05, 0.1) is 23.1 Å². The Balaban J connectivity index is 1.94. The highest BCUT2D eigenvalue weighted by Crippen LogP contribution is 2.28. The fourth-order valence-electron chi connectivity index (χ4n) is 2.31. The molecule has 0 aliphatic carbocycles. The van der Waals surface area contributed by atoms with Crippen molar-refractivity contribution < 1.29 is 29.8 Å². The van der Waals surface area contributed by atoms with Gasteiger partial charge in [0, 0.05) is 6.07 Å². The van der Waals surface area contributed by atoms with Gasteiger partial charge in [-0.2, -0.15) is 0 Å². The Kier molecular flexibility index (Phi) is 5.97. The Bertz CT molecular complexity index is 809. The molecule has 9 heteroatoms. The largest absolute Gasteiger partial charge is 0.504 e.